The summed E-state index contributed by atoms with van der Waals surface area (Å²) in [5.41, 5.74) is 0.456. The summed E-state index contributed by atoms with van der Waals surface area (Å²) >= 11 is 5.79. The SMILES string of the molecule is CCOC(=O)C=C(C(=O)OCC)N(CC)c1ccc(F)c(Cl)c1. The fraction of sp³-hybridized carbons (Fsp3) is 0.375. The van der Waals surface area contributed by atoms with Crippen LogP contribution in [-0.4, -0.2) is 31.7 Å². The number of hydrogen-bond donors (Lipinski definition) is 0. The highest BCUT2D eigenvalue weighted by Gasteiger charge is 2.21. The van der Waals surface area contributed by atoms with E-state index in [1.165, 1.54) is 23.1 Å². The van der Waals surface area contributed by atoms with Gasteiger partial charge in [0.2, 0.25) is 0 Å². The van der Waals surface area contributed by atoms with Gasteiger partial charge in [-0.2, -0.15) is 0 Å². The molecule has 0 amide bonds. The maximum Gasteiger partial charge on any atom is 0.355 e. The van der Waals surface area contributed by atoms with Crippen LogP contribution in [0.15, 0.2) is 30.0 Å². The molecular formula is C16H19ClFNO4. The fourth-order valence-electron chi connectivity index (χ4n) is 1.89. The van der Waals surface area contributed by atoms with Gasteiger partial charge in [-0.15, -0.1) is 0 Å². The molecule has 0 aromatic heterocycles. The van der Waals surface area contributed by atoms with Crippen molar-refractivity contribution in [2.75, 3.05) is 24.7 Å². The Kier molecular flexibility index (Phi) is 7.54. The summed E-state index contributed by atoms with van der Waals surface area (Å²) < 4.78 is 23.1. The Hall–Kier alpha value is -2.08. The molecule has 0 spiro atoms. The second-order valence-electron chi connectivity index (χ2n) is 4.34. The molecule has 0 unspecified atom stereocenters. The van der Waals surface area contributed by atoms with Crippen molar-refractivity contribution in [1.82, 2.24) is 0 Å². The Labute approximate surface area is 139 Å². The second-order valence-corrected chi connectivity index (χ2v) is 4.75. The number of anilines is 1. The van der Waals surface area contributed by atoms with Gasteiger partial charge in [0.25, 0.3) is 0 Å². The zero-order chi connectivity index (χ0) is 17.4. The maximum absolute atomic E-state index is 13.3. The molecule has 0 aliphatic heterocycles. The average molecular weight is 344 g/mol. The molecule has 23 heavy (non-hydrogen) atoms. The van der Waals surface area contributed by atoms with Crippen molar-refractivity contribution in [2.45, 2.75) is 20.8 Å². The van der Waals surface area contributed by atoms with E-state index in [-0.39, 0.29) is 23.9 Å². The molecule has 0 bridgehead atoms. The van der Waals surface area contributed by atoms with Gasteiger partial charge in [0, 0.05) is 12.2 Å². The molecule has 0 heterocycles. The van der Waals surface area contributed by atoms with E-state index in [4.69, 9.17) is 21.1 Å². The van der Waals surface area contributed by atoms with Gasteiger partial charge < -0.3 is 14.4 Å². The Morgan fingerprint density at radius 3 is 2.39 bits per heavy atom. The van der Waals surface area contributed by atoms with E-state index in [2.05, 4.69) is 0 Å². The number of esters is 2. The lowest BCUT2D eigenvalue weighted by molar-refractivity contribution is -0.141. The van der Waals surface area contributed by atoms with Crippen LogP contribution in [0.4, 0.5) is 10.1 Å². The number of benzene rings is 1. The topological polar surface area (TPSA) is 55.8 Å². The minimum absolute atomic E-state index is 0.00419. The number of ether oxygens (including phenoxy) is 2. The Morgan fingerprint density at radius 1 is 1.22 bits per heavy atom. The highest BCUT2D eigenvalue weighted by molar-refractivity contribution is 6.31. The lowest BCUT2D eigenvalue weighted by Gasteiger charge is -2.24. The average Bonchev–Trinajstić information content (AvgIpc) is 2.51. The number of carbonyl (C=O) groups excluding carboxylic acids is 2. The zero-order valence-electron chi connectivity index (χ0n) is 13.3. The summed E-state index contributed by atoms with van der Waals surface area (Å²) in [7, 11) is 0. The van der Waals surface area contributed by atoms with Gasteiger partial charge in [0.15, 0.2) is 0 Å². The standard InChI is InChI=1S/C16H19ClFNO4/c1-4-19(11-7-8-13(18)12(17)9-11)14(16(21)23-6-3)10-15(20)22-5-2/h7-10H,4-6H2,1-3H3. The van der Waals surface area contributed by atoms with Gasteiger partial charge in [-0.3, -0.25) is 0 Å². The van der Waals surface area contributed by atoms with Crippen LogP contribution in [0.1, 0.15) is 20.8 Å². The summed E-state index contributed by atoms with van der Waals surface area (Å²) in [6.45, 7) is 5.76. The monoisotopic (exact) mass is 343 g/mol. The Balaban J connectivity index is 3.26. The smallest absolute Gasteiger partial charge is 0.355 e. The lowest BCUT2D eigenvalue weighted by Crippen LogP contribution is -2.29. The van der Waals surface area contributed by atoms with Crippen LogP contribution < -0.4 is 4.90 Å². The molecule has 0 fully saturated rings. The zero-order valence-corrected chi connectivity index (χ0v) is 14.0. The Morgan fingerprint density at radius 2 is 1.87 bits per heavy atom. The van der Waals surface area contributed by atoms with Crippen LogP contribution in [0.2, 0.25) is 5.02 Å². The normalized spacial score (nSPS) is 11.1. The molecule has 0 radical (unpaired) electrons. The summed E-state index contributed by atoms with van der Waals surface area (Å²) in [5.74, 6) is -1.91. The molecule has 5 nitrogen and oxygen atoms in total. The number of hydrogen-bond acceptors (Lipinski definition) is 5. The van der Waals surface area contributed by atoms with Gasteiger partial charge in [-0.05, 0) is 39.0 Å². The van der Waals surface area contributed by atoms with E-state index in [1.54, 1.807) is 20.8 Å². The summed E-state index contributed by atoms with van der Waals surface area (Å²) in [6.07, 6.45) is 1.06. The van der Waals surface area contributed by atoms with Gasteiger partial charge in [-0.25, -0.2) is 14.0 Å². The van der Waals surface area contributed by atoms with E-state index in [9.17, 15) is 14.0 Å². The number of carbonyl (C=O) groups is 2. The van der Waals surface area contributed by atoms with Crippen molar-refractivity contribution < 1.29 is 23.5 Å². The Bertz CT molecular complexity index is 604. The van der Waals surface area contributed by atoms with Crippen LogP contribution in [0.5, 0.6) is 0 Å². The van der Waals surface area contributed by atoms with Gasteiger partial charge in [0.05, 0.1) is 24.3 Å². The van der Waals surface area contributed by atoms with Crippen molar-refractivity contribution in [3.63, 3.8) is 0 Å². The third kappa shape index (κ3) is 5.25. The van der Waals surface area contributed by atoms with E-state index >= 15 is 0 Å². The van der Waals surface area contributed by atoms with E-state index in [1.807, 2.05) is 0 Å². The minimum Gasteiger partial charge on any atom is -0.463 e. The molecule has 1 aromatic rings. The van der Waals surface area contributed by atoms with Crippen molar-refractivity contribution in [2.24, 2.45) is 0 Å². The molecule has 0 saturated carbocycles. The van der Waals surface area contributed by atoms with Gasteiger partial charge in [-0.1, -0.05) is 11.6 Å². The second kappa shape index (κ2) is 9.15. The quantitative estimate of drug-likeness (QED) is 0.561. The molecule has 0 N–H and O–H groups in total. The van der Waals surface area contributed by atoms with Crippen molar-refractivity contribution in [3.8, 4) is 0 Å². The van der Waals surface area contributed by atoms with Crippen LogP contribution in [0.3, 0.4) is 0 Å². The molecular weight excluding hydrogens is 325 g/mol. The van der Waals surface area contributed by atoms with Crippen molar-refractivity contribution in [1.29, 1.82) is 0 Å². The van der Waals surface area contributed by atoms with Crippen molar-refractivity contribution in [3.05, 3.63) is 40.8 Å². The number of likely N-dealkylation sites (N-methyl/N-ethyl adjacent to an activating group) is 1. The summed E-state index contributed by atoms with van der Waals surface area (Å²) in [6, 6.07) is 4.02. The third-order valence-electron chi connectivity index (χ3n) is 2.85. The first kappa shape index (κ1) is 19.0. The lowest BCUT2D eigenvalue weighted by atomic mass is 10.2. The first-order valence-electron chi connectivity index (χ1n) is 7.22. The first-order chi connectivity index (χ1) is 10.9. The molecule has 1 rings (SSSR count). The highest BCUT2D eigenvalue weighted by Crippen LogP contribution is 2.25. The van der Waals surface area contributed by atoms with Crippen LogP contribution >= 0.6 is 11.6 Å². The predicted molar refractivity (Wildman–Crippen MR) is 85.8 cm³/mol. The molecule has 126 valence electrons. The van der Waals surface area contributed by atoms with Crippen LogP contribution in [0.25, 0.3) is 0 Å². The van der Waals surface area contributed by atoms with Crippen LogP contribution in [-0.2, 0) is 19.1 Å². The molecule has 0 atom stereocenters. The van der Waals surface area contributed by atoms with E-state index < -0.39 is 17.8 Å². The minimum atomic E-state index is -0.678. The molecule has 0 aliphatic carbocycles. The number of rotatable bonds is 7. The fourth-order valence-corrected chi connectivity index (χ4v) is 2.07. The summed E-state index contributed by atoms with van der Waals surface area (Å²) in [5, 5.41) is -0.0831. The van der Waals surface area contributed by atoms with Gasteiger partial charge >= 0.3 is 11.9 Å². The maximum atomic E-state index is 13.3. The molecule has 0 saturated heterocycles. The van der Waals surface area contributed by atoms with E-state index in [0.29, 0.717) is 12.2 Å². The summed E-state index contributed by atoms with van der Waals surface area (Å²) in [4.78, 5) is 25.4. The van der Waals surface area contributed by atoms with Crippen LogP contribution in [0, 0.1) is 5.82 Å². The molecule has 7 heteroatoms. The highest BCUT2D eigenvalue weighted by atomic mass is 35.5. The number of nitrogens with zero attached hydrogens (tertiary/aromatic N) is 1. The first-order valence-corrected chi connectivity index (χ1v) is 7.60. The van der Waals surface area contributed by atoms with E-state index in [0.717, 1.165) is 6.08 Å². The van der Waals surface area contributed by atoms with Gasteiger partial charge in [0.1, 0.15) is 11.5 Å². The predicted octanol–water partition coefficient (Wildman–Crippen LogP) is 3.32. The third-order valence-corrected chi connectivity index (χ3v) is 3.14. The molecule has 0 aliphatic rings. The van der Waals surface area contributed by atoms with Crippen molar-refractivity contribution >= 4 is 29.2 Å². The number of halogens is 2. The largest absolute Gasteiger partial charge is 0.463 e. The molecule has 1 aromatic carbocycles.